The molecule has 3 rings (SSSR count). The van der Waals surface area contributed by atoms with Crippen LogP contribution < -0.4 is 33.2 Å². The number of guanidine groups is 1. The molecule has 2 aromatic carbocycles. The molecule has 242 valence electrons. The SMILES string of the molecule is CCC(C)C(NC(=O)C(CCCN=C(N)N)NC(=O)C(N)Cc1c[nH]c2ccccc12)C(=O)NC(Cc1ccccc1)C(=O)O. The Bertz CT molecular complexity index is 1470. The van der Waals surface area contributed by atoms with Crippen molar-refractivity contribution in [1.82, 2.24) is 20.9 Å². The Morgan fingerprint density at radius 1 is 0.889 bits per heavy atom. The number of nitrogens with zero attached hydrogens (tertiary/aromatic N) is 1. The van der Waals surface area contributed by atoms with E-state index in [9.17, 15) is 24.3 Å². The van der Waals surface area contributed by atoms with Crippen molar-refractivity contribution < 1.29 is 24.3 Å². The molecule has 13 heteroatoms. The number of carbonyl (C=O) groups is 4. The van der Waals surface area contributed by atoms with Crippen LogP contribution >= 0.6 is 0 Å². The van der Waals surface area contributed by atoms with E-state index in [1.807, 2.05) is 37.3 Å². The van der Waals surface area contributed by atoms with Crippen LogP contribution in [0.4, 0.5) is 0 Å². The standard InChI is InChI=1S/C32H44N8O5/c1-3-19(2)27(30(43)39-26(31(44)45)16-20-10-5-4-6-11-20)40-29(42)25(14-9-15-36-32(34)35)38-28(41)23(33)17-21-18-37-24-13-8-7-12-22(21)24/h4-8,10-13,18-19,23,25-27,37H,3,9,14-17,33H2,1-2H3,(H,38,41)(H,39,43)(H,40,42)(H,44,45)(H4,34,35,36). The fourth-order valence-corrected chi connectivity index (χ4v) is 4.95. The number of hydrogen-bond acceptors (Lipinski definition) is 6. The maximum atomic E-state index is 13.6. The number of nitrogens with one attached hydrogen (secondary N) is 4. The van der Waals surface area contributed by atoms with Gasteiger partial charge in [0.2, 0.25) is 17.7 Å². The molecule has 1 heterocycles. The summed E-state index contributed by atoms with van der Waals surface area (Å²) in [4.78, 5) is 59.4. The molecule has 0 fully saturated rings. The second kappa shape index (κ2) is 16.8. The van der Waals surface area contributed by atoms with Crippen molar-refractivity contribution in [3.05, 3.63) is 71.9 Å². The molecule has 0 radical (unpaired) electrons. The van der Waals surface area contributed by atoms with Gasteiger partial charge in [-0.05, 0) is 42.4 Å². The number of nitrogens with two attached hydrogens (primary N) is 3. The first-order chi connectivity index (χ1) is 21.5. The summed E-state index contributed by atoms with van der Waals surface area (Å²) >= 11 is 0. The van der Waals surface area contributed by atoms with Crippen LogP contribution in [0.1, 0.15) is 44.2 Å². The monoisotopic (exact) mass is 620 g/mol. The quantitative estimate of drug-likeness (QED) is 0.0613. The van der Waals surface area contributed by atoms with Crippen LogP contribution in [0.5, 0.6) is 0 Å². The second-order valence-corrected chi connectivity index (χ2v) is 11.1. The van der Waals surface area contributed by atoms with Gasteiger partial charge in [-0.2, -0.15) is 0 Å². The molecular weight excluding hydrogens is 576 g/mol. The molecule has 0 aliphatic heterocycles. The van der Waals surface area contributed by atoms with Crippen molar-refractivity contribution in [2.24, 2.45) is 28.1 Å². The first-order valence-electron chi connectivity index (χ1n) is 15.0. The number of carboxylic acid groups (broad SMARTS) is 1. The van der Waals surface area contributed by atoms with Crippen LogP contribution in [-0.4, -0.2) is 70.5 Å². The fourth-order valence-electron chi connectivity index (χ4n) is 4.95. The normalized spacial score (nSPS) is 14.4. The Morgan fingerprint density at radius 2 is 1.56 bits per heavy atom. The molecule has 11 N–H and O–H groups in total. The van der Waals surface area contributed by atoms with E-state index in [0.29, 0.717) is 12.8 Å². The Hall–Kier alpha value is -4.91. The topological polar surface area (TPSA) is 231 Å². The molecule has 5 unspecified atom stereocenters. The summed E-state index contributed by atoms with van der Waals surface area (Å²) in [7, 11) is 0. The predicted octanol–water partition coefficient (Wildman–Crippen LogP) is 0.919. The van der Waals surface area contributed by atoms with Crippen LogP contribution in [0.15, 0.2) is 65.8 Å². The minimum Gasteiger partial charge on any atom is -0.480 e. The van der Waals surface area contributed by atoms with Gasteiger partial charge in [-0.25, -0.2) is 4.79 Å². The summed E-state index contributed by atoms with van der Waals surface area (Å²) in [5, 5.41) is 18.8. The van der Waals surface area contributed by atoms with Crippen molar-refractivity contribution in [3.8, 4) is 0 Å². The predicted molar refractivity (Wildman–Crippen MR) is 173 cm³/mol. The number of rotatable bonds is 17. The average Bonchev–Trinajstić information content (AvgIpc) is 3.43. The van der Waals surface area contributed by atoms with Crippen LogP contribution in [0.3, 0.4) is 0 Å². The third-order valence-electron chi connectivity index (χ3n) is 7.72. The van der Waals surface area contributed by atoms with Crippen LogP contribution in [0, 0.1) is 5.92 Å². The highest BCUT2D eigenvalue weighted by Gasteiger charge is 2.33. The first kappa shape index (κ1) is 34.6. The number of carbonyl (C=O) groups excluding carboxylic acids is 3. The highest BCUT2D eigenvalue weighted by molar-refractivity contribution is 5.94. The van der Waals surface area contributed by atoms with E-state index < -0.39 is 47.9 Å². The number of H-pyrrole nitrogens is 1. The summed E-state index contributed by atoms with van der Waals surface area (Å²) < 4.78 is 0. The van der Waals surface area contributed by atoms with E-state index >= 15 is 0 Å². The molecule has 3 aromatic rings. The van der Waals surface area contributed by atoms with Gasteiger partial charge in [-0.3, -0.25) is 19.4 Å². The van der Waals surface area contributed by atoms with Gasteiger partial charge in [-0.1, -0.05) is 68.8 Å². The number of carboxylic acids is 1. The Labute approximate surface area is 262 Å². The number of amides is 3. The second-order valence-electron chi connectivity index (χ2n) is 11.1. The van der Waals surface area contributed by atoms with Gasteiger partial charge in [0, 0.05) is 30.1 Å². The molecular formula is C32H44N8O5. The molecule has 1 aromatic heterocycles. The lowest BCUT2D eigenvalue weighted by Crippen LogP contribution is -2.59. The van der Waals surface area contributed by atoms with Crippen LogP contribution in [0.25, 0.3) is 10.9 Å². The van der Waals surface area contributed by atoms with Gasteiger partial charge in [0.05, 0.1) is 6.04 Å². The summed E-state index contributed by atoms with van der Waals surface area (Å²) in [6.45, 7) is 3.85. The molecule has 45 heavy (non-hydrogen) atoms. The number of aromatic amines is 1. The van der Waals surface area contributed by atoms with Crippen molar-refractivity contribution >= 4 is 40.6 Å². The molecule has 13 nitrogen and oxygen atoms in total. The smallest absolute Gasteiger partial charge is 0.326 e. The maximum absolute atomic E-state index is 13.6. The van der Waals surface area contributed by atoms with E-state index in [2.05, 4.69) is 25.9 Å². The van der Waals surface area contributed by atoms with Gasteiger partial charge >= 0.3 is 5.97 Å². The number of benzene rings is 2. The Balaban J connectivity index is 1.74. The van der Waals surface area contributed by atoms with Crippen molar-refractivity contribution in [2.45, 2.75) is 70.1 Å². The molecule has 5 atom stereocenters. The lowest BCUT2D eigenvalue weighted by molar-refractivity contribution is -0.142. The number of aromatic nitrogens is 1. The summed E-state index contributed by atoms with van der Waals surface area (Å²) in [5.41, 5.74) is 19.6. The number of fused-ring (bicyclic) bond motifs is 1. The number of hydrogen-bond donors (Lipinski definition) is 8. The largest absolute Gasteiger partial charge is 0.480 e. The lowest BCUT2D eigenvalue weighted by atomic mass is 9.96. The maximum Gasteiger partial charge on any atom is 0.326 e. The minimum atomic E-state index is -1.21. The molecule has 0 aliphatic rings. The van der Waals surface area contributed by atoms with Crippen LogP contribution in [-0.2, 0) is 32.0 Å². The van der Waals surface area contributed by atoms with Crippen molar-refractivity contribution in [1.29, 1.82) is 0 Å². The van der Waals surface area contributed by atoms with Gasteiger partial charge in [0.15, 0.2) is 5.96 Å². The summed E-state index contributed by atoms with van der Waals surface area (Å²) in [5.74, 6) is -3.43. The fraction of sp³-hybridized carbons (Fsp3) is 0.406. The van der Waals surface area contributed by atoms with Gasteiger partial charge < -0.3 is 43.2 Å². The molecule has 0 spiro atoms. The third-order valence-corrected chi connectivity index (χ3v) is 7.72. The van der Waals surface area contributed by atoms with E-state index in [1.54, 1.807) is 37.4 Å². The Morgan fingerprint density at radius 3 is 2.22 bits per heavy atom. The van der Waals surface area contributed by atoms with E-state index in [0.717, 1.165) is 22.0 Å². The van der Waals surface area contributed by atoms with Crippen molar-refractivity contribution in [2.75, 3.05) is 6.54 Å². The van der Waals surface area contributed by atoms with E-state index in [1.165, 1.54) is 0 Å². The zero-order valence-corrected chi connectivity index (χ0v) is 25.7. The van der Waals surface area contributed by atoms with Crippen molar-refractivity contribution in [3.63, 3.8) is 0 Å². The summed E-state index contributed by atoms with van der Waals surface area (Å²) in [6.07, 6.45) is 3.14. The molecule has 0 saturated carbocycles. The van der Waals surface area contributed by atoms with Crippen LogP contribution in [0.2, 0.25) is 0 Å². The molecule has 0 bridgehead atoms. The number of para-hydroxylation sites is 1. The minimum absolute atomic E-state index is 0.0703. The highest BCUT2D eigenvalue weighted by atomic mass is 16.4. The highest BCUT2D eigenvalue weighted by Crippen LogP contribution is 2.19. The third kappa shape index (κ3) is 10.3. The summed E-state index contributed by atoms with van der Waals surface area (Å²) in [6, 6.07) is 12.3. The zero-order valence-electron chi connectivity index (χ0n) is 25.7. The Kier molecular flexibility index (Phi) is 12.9. The first-order valence-corrected chi connectivity index (χ1v) is 15.0. The lowest BCUT2D eigenvalue weighted by Gasteiger charge is -2.28. The van der Waals surface area contributed by atoms with Gasteiger partial charge in [-0.15, -0.1) is 0 Å². The van der Waals surface area contributed by atoms with Gasteiger partial charge in [0.25, 0.3) is 0 Å². The molecule has 0 aliphatic carbocycles. The van der Waals surface area contributed by atoms with E-state index in [4.69, 9.17) is 17.2 Å². The van der Waals surface area contributed by atoms with E-state index in [-0.39, 0.29) is 37.7 Å². The zero-order chi connectivity index (χ0) is 32.9. The number of aliphatic imine (C=N–C) groups is 1. The molecule has 0 saturated heterocycles. The van der Waals surface area contributed by atoms with Gasteiger partial charge in [0.1, 0.15) is 18.1 Å². The average molecular weight is 621 g/mol. The number of aliphatic carboxylic acids is 1. The molecule has 3 amide bonds.